The van der Waals surface area contributed by atoms with Crippen LogP contribution in [0.1, 0.15) is 29.1 Å². The quantitative estimate of drug-likeness (QED) is 0.498. The lowest BCUT2D eigenvalue weighted by atomic mass is 10.2. The van der Waals surface area contributed by atoms with E-state index in [9.17, 15) is 0 Å². The van der Waals surface area contributed by atoms with Crippen molar-refractivity contribution in [1.29, 1.82) is 0 Å². The maximum Gasteiger partial charge on any atom is 0.0928 e. The number of nitrogens with zero attached hydrogens (tertiary/aromatic N) is 1. The molecule has 0 spiro atoms. The molecule has 5 heteroatoms. The molecular weight excluding hydrogens is 313 g/mol. The smallest absolute Gasteiger partial charge is 0.0928 e. The topological polar surface area (TPSA) is 22.1 Å². The van der Waals surface area contributed by atoms with Crippen LogP contribution in [0.2, 0.25) is 5.02 Å². The summed E-state index contributed by atoms with van der Waals surface area (Å²) in [7, 11) is 0. The molecule has 1 heterocycles. The number of halogens is 2. The van der Waals surface area contributed by atoms with Crippen molar-refractivity contribution in [3.63, 3.8) is 0 Å². The van der Waals surface area contributed by atoms with E-state index in [0.29, 0.717) is 12.5 Å². The summed E-state index contributed by atoms with van der Waals surface area (Å²) in [6.07, 6.45) is 3.11. The van der Waals surface area contributed by atoms with Crippen LogP contribution in [0, 0.1) is 0 Å². The van der Waals surface area contributed by atoms with Gasteiger partial charge in [-0.2, -0.15) is 0 Å². The van der Waals surface area contributed by atoms with Gasteiger partial charge in [0.25, 0.3) is 0 Å². The molecule has 108 valence electrons. The van der Waals surface area contributed by atoms with Gasteiger partial charge in [-0.3, -0.25) is 0 Å². The number of benzene rings is 1. The van der Waals surface area contributed by atoms with Crippen LogP contribution in [0.5, 0.6) is 0 Å². The highest BCUT2D eigenvalue weighted by Crippen LogP contribution is 2.16. The van der Waals surface area contributed by atoms with Gasteiger partial charge in [0.2, 0.25) is 0 Å². The largest absolute Gasteiger partial charge is 0.377 e. The average molecular weight is 330 g/mol. The number of aryl methyl sites for hydroxylation is 1. The van der Waals surface area contributed by atoms with Crippen molar-refractivity contribution in [2.24, 2.45) is 0 Å². The van der Waals surface area contributed by atoms with Gasteiger partial charge in [-0.25, -0.2) is 4.98 Å². The Morgan fingerprint density at radius 3 is 2.80 bits per heavy atom. The van der Waals surface area contributed by atoms with Gasteiger partial charge in [-0.1, -0.05) is 29.8 Å². The summed E-state index contributed by atoms with van der Waals surface area (Å²) >= 11 is 13.5. The second kappa shape index (κ2) is 8.63. The van der Waals surface area contributed by atoms with E-state index in [-0.39, 0.29) is 0 Å². The standard InChI is InChI=1S/C15H17Cl2NOS/c16-9-13-11-20-15(18-13)7-3-4-8-19-10-12-5-1-2-6-14(12)17/h1-2,5-6,11H,3-4,7-10H2. The van der Waals surface area contributed by atoms with Crippen LogP contribution in [0.25, 0.3) is 0 Å². The van der Waals surface area contributed by atoms with Gasteiger partial charge in [-0.15, -0.1) is 22.9 Å². The first-order valence-electron chi connectivity index (χ1n) is 6.60. The van der Waals surface area contributed by atoms with E-state index in [1.807, 2.05) is 29.6 Å². The third kappa shape index (κ3) is 5.06. The number of thiazole rings is 1. The Morgan fingerprint density at radius 2 is 2.05 bits per heavy atom. The fourth-order valence-electron chi connectivity index (χ4n) is 1.80. The van der Waals surface area contributed by atoms with E-state index in [4.69, 9.17) is 27.9 Å². The summed E-state index contributed by atoms with van der Waals surface area (Å²) in [5.41, 5.74) is 2.02. The molecule has 0 aliphatic heterocycles. The maximum atomic E-state index is 6.06. The lowest BCUT2D eigenvalue weighted by Crippen LogP contribution is -1.97. The zero-order chi connectivity index (χ0) is 14.2. The summed E-state index contributed by atoms with van der Waals surface area (Å²) < 4.78 is 5.64. The normalized spacial score (nSPS) is 10.9. The van der Waals surface area contributed by atoms with E-state index in [0.717, 1.165) is 47.2 Å². The first-order chi connectivity index (χ1) is 9.79. The Hall–Kier alpha value is -0.610. The van der Waals surface area contributed by atoms with Crippen LogP contribution in [0.3, 0.4) is 0 Å². The van der Waals surface area contributed by atoms with Crippen molar-refractivity contribution < 1.29 is 4.74 Å². The molecule has 0 aliphatic rings. The molecule has 0 aliphatic carbocycles. The minimum Gasteiger partial charge on any atom is -0.377 e. The summed E-state index contributed by atoms with van der Waals surface area (Å²) in [5.74, 6) is 0.497. The molecule has 2 rings (SSSR count). The number of unbranched alkanes of at least 4 members (excludes halogenated alkanes) is 1. The number of hydrogen-bond acceptors (Lipinski definition) is 3. The second-order valence-corrected chi connectivity index (χ2v) is 6.08. The summed E-state index contributed by atoms with van der Waals surface area (Å²) in [6, 6.07) is 7.78. The Morgan fingerprint density at radius 1 is 1.20 bits per heavy atom. The molecule has 0 N–H and O–H groups in total. The number of hydrogen-bond donors (Lipinski definition) is 0. The third-order valence-corrected chi connectivity index (χ3v) is 4.48. The van der Waals surface area contributed by atoms with Crippen molar-refractivity contribution in [3.05, 3.63) is 50.9 Å². The van der Waals surface area contributed by atoms with E-state index in [1.165, 1.54) is 0 Å². The fourth-order valence-corrected chi connectivity index (χ4v) is 3.06. The van der Waals surface area contributed by atoms with E-state index < -0.39 is 0 Å². The predicted octanol–water partition coefficient (Wildman–Crippen LogP) is 5.07. The Labute approximate surface area is 133 Å². The van der Waals surface area contributed by atoms with Crippen LogP contribution in [0.15, 0.2) is 29.6 Å². The van der Waals surface area contributed by atoms with Crippen molar-refractivity contribution >= 4 is 34.5 Å². The van der Waals surface area contributed by atoms with E-state index in [1.54, 1.807) is 11.3 Å². The molecule has 0 radical (unpaired) electrons. The van der Waals surface area contributed by atoms with Gasteiger partial charge in [0, 0.05) is 17.0 Å². The van der Waals surface area contributed by atoms with E-state index in [2.05, 4.69) is 4.98 Å². The Kier molecular flexibility index (Phi) is 6.80. The highest BCUT2D eigenvalue weighted by Gasteiger charge is 2.02. The first-order valence-corrected chi connectivity index (χ1v) is 8.39. The van der Waals surface area contributed by atoms with Crippen LogP contribution < -0.4 is 0 Å². The van der Waals surface area contributed by atoms with Crippen LogP contribution >= 0.6 is 34.5 Å². The average Bonchev–Trinajstić information content (AvgIpc) is 2.92. The van der Waals surface area contributed by atoms with E-state index >= 15 is 0 Å². The Balaban J connectivity index is 1.59. The van der Waals surface area contributed by atoms with Gasteiger partial charge in [0.15, 0.2) is 0 Å². The summed E-state index contributed by atoms with van der Waals surface area (Å²) in [5, 5.41) is 3.95. The van der Waals surface area contributed by atoms with Crippen molar-refractivity contribution in [1.82, 2.24) is 4.98 Å². The zero-order valence-electron chi connectivity index (χ0n) is 11.1. The van der Waals surface area contributed by atoms with Crippen LogP contribution in [-0.2, 0) is 23.6 Å². The minimum atomic E-state index is 0.497. The summed E-state index contributed by atoms with van der Waals surface area (Å²) in [6.45, 7) is 1.33. The lowest BCUT2D eigenvalue weighted by molar-refractivity contribution is 0.117. The number of alkyl halides is 1. The highest BCUT2D eigenvalue weighted by atomic mass is 35.5. The molecule has 0 saturated carbocycles. The summed E-state index contributed by atoms with van der Waals surface area (Å²) in [4.78, 5) is 4.43. The molecule has 0 atom stereocenters. The molecule has 0 bridgehead atoms. The van der Waals surface area contributed by atoms with Crippen molar-refractivity contribution in [2.45, 2.75) is 31.7 Å². The van der Waals surface area contributed by atoms with Crippen molar-refractivity contribution in [3.8, 4) is 0 Å². The first kappa shape index (κ1) is 15.8. The molecule has 0 unspecified atom stereocenters. The van der Waals surface area contributed by atoms with Gasteiger partial charge < -0.3 is 4.74 Å². The predicted molar refractivity (Wildman–Crippen MR) is 85.7 cm³/mol. The molecule has 1 aromatic carbocycles. The maximum absolute atomic E-state index is 6.06. The van der Waals surface area contributed by atoms with Gasteiger partial charge >= 0.3 is 0 Å². The molecule has 0 saturated heterocycles. The third-order valence-electron chi connectivity index (χ3n) is 2.88. The molecule has 0 amide bonds. The fraction of sp³-hybridized carbons (Fsp3) is 0.400. The molecule has 20 heavy (non-hydrogen) atoms. The Bertz CT molecular complexity index is 530. The minimum absolute atomic E-state index is 0.497. The van der Waals surface area contributed by atoms with Gasteiger partial charge in [0.05, 0.1) is 23.2 Å². The monoisotopic (exact) mass is 329 g/mol. The molecule has 1 aromatic heterocycles. The van der Waals surface area contributed by atoms with Crippen LogP contribution in [-0.4, -0.2) is 11.6 Å². The molecule has 0 fully saturated rings. The highest BCUT2D eigenvalue weighted by molar-refractivity contribution is 7.09. The SMILES string of the molecule is ClCc1csc(CCCCOCc2ccccc2Cl)n1. The second-order valence-electron chi connectivity index (χ2n) is 4.47. The van der Waals surface area contributed by atoms with Crippen LogP contribution in [0.4, 0.5) is 0 Å². The van der Waals surface area contributed by atoms with Gasteiger partial charge in [-0.05, 0) is 30.9 Å². The molecular formula is C15H17Cl2NOS. The number of rotatable bonds is 8. The number of aromatic nitrogens is 1. The van der Waals surface area contributed by atoms with Crippen molar-refractivity contribution in [2.75, 3.05) is 6.61 Å². The molecule has 2 aromatic rings. The van der Waals surface area contributed by atoms with Gasteiger partial charge in [0.1, 0.15) is 0 Å². The zero-order valence-corrected chi connectivity index (χ0v) is 13.5. The molecule has 2 nitrogen and oxygen atoms in total. The lowest BCUT2D eigenvalue weighted by Gasteiger charge is -2.05. The number of ether oxygens (including phenoxy) is 1.